The fourth-order valence-electron chi connectivity index (χ4n) is 13.3. The van der Waals surface area contributed by atoms with Crippen LogP contribution in [0.25, 0.3) is 10.4 Å². The summed E-state index contributed by atoms with van der Waals surface area (Å²) in [4.78, 5) is 62.6. The number of esters is 2. The number of benzene rings is 11. The van der Waals surface area contributed by atoms with Crippen molar-refractivity contribution >= 4 is 63.0 Å². The van der Waals surface area contributed by atoms with E-state index in [0.29, 0.717) is 92.8 Å². The topological polar surface area (TPSA) is 380 Å². The minimum atomic E-state index is -1.09. The van der Waals surface area contributed by atoms with E-state index in [1.165, 1.54) is 22.8 Å². The van der Waals surface area contributed by atoms with Crippen molar-refractivity contribution in [2.45, 2.75) is 209 Å². The molecular weight excluding hydrogens is 1840 g/mol. The molecule has 0 aliphatic rings. The van der Waals surface area contributed by atoms with Crippen molar-refractivity contribution in [3.05, 3.63) is 351 Å². The van der Waals surface area contributed by atoms with Gasteiger partial charge < -0.3 is 86.3 Å². The zero-order valence-corrected chi connectivity index (χ0v) is 87.3. The number of amides is 4. The van der Waals surface area contributed by atoms with Crippen LogP contribution in [0.4, 0.5) is 26.7 Å². The first kappa shape index (κ1) is 120. The summed E-state index contributed by atoms with van der Waals surface area (Å²) in [6.45, 7) is 43.4. The Morgan fingerprint density at radius 1 is 0.369 bits per heavy atom. The summed E-state index contributed by atoms with van der Waals surface area (Å²) in [6.07, 6.45) is 6.20. The number of halogens is 1. The molecule has 11 aromatic rings. The Hall–Kier alpha value is -13.4. The molecule has 0 spiro atoms. The van der Waals surface area contributed by atoms with E-state index < -0.39 is 30.0 Å². The third kappa shape index (κ3) is 42.7. The fourth-order valence-corrected chi connectivity index (χ4v) is 13.3. The lowest BCUT2D eigenvalue weighted by Crippen LogP contribution is -2.33. The average Bonchev–Trinajstić information content (AvgIpc) is 0.833. The molecule has 0 bridgehead atoms. The molecule has 0 aromatic heterocycles. The van der Waals surface area contributed by atoms with Gasteiger partial charge in [-0.3, -0.25) is 0 Å². The second kappa shape index (κ2) is 64.1. The van der Waals surface area contributed by atoms with Crippen LogP contribution in [0.3, 0.4) is 0 Å². The molecule has 0 saturated heterocycles. The van der Waals surface area contributed by atoms with E-state index in [-0.39, 0.29) is 70.2 Å². The molecular formula is C115H152BrN9O16. The summed E-state index contributed by atoms with van der Waals surface area (Å²) in [5, 5.41) is 50.2. The molecule has 0 unspecified atom stereocenters. The number of nitrogen functional groups attached to an aromatic ring is 1. The van der Waals surface area contributed by atoms with Crippen LogP contribution in [0, 0.1) is 0 Å². The zero-order chi connectivity index (χ0) is 104. The number of carbonyl (C=O) groups is 5. The van der Waals surface area contributed by atoms with Crippen molar-refractivity contribution in [2.75, 3.05) is 94.1 Å². The highest BCUT2D eigenvalue weighted by molar-refractivity contribution is 9.09. The van der Waals surface area contributed by atoms with Gasteiger partial charge in [-0.2, -0.15) is 0 Å². The number of carbonyl (C=O) groups excluding carboxylic acids is 4. The van der Waals surface area contributed by atoms with Gasteiger partial charge in [-0.25, -0.2) is 24.0 Å². The number of nitrogens with two attached hydrogens (primary N) is 2. The first-order valence-electron chi connectivity index (χ1n) is 48.0. The maximum atomic E-state index is 12.6. The summed E-state index contributed by atoms with van der Waals surface area (Å²) in [5.74, 6) is 2.78. The Kier molecular flexibility index (Phi) is 54.5. The summed E-state index contributed by atoms with van der Waals surface area (Å²) in [6, 6.07) is 85.7. The molecule has 0 radical (unpaired) electrons. The first-order chi connectivity index (χ1) is 67.4. The number of urea groups is 2. The number of aromatic carboxylic acids is 1. The van der Waals surface area contributed by atoms with E-state index in [2.05, 4.69) is 208 Å². The van der Waals surface area contributed by atoms with Crippen LogP contribution >= 0.6 is 15.9 Å². The molecule has 12 N–H and O–H groups in total. The van der Waals surface area contributed by atoms with Gasteiger partial charge in [-0.15, -0.1) is 0 Å². The third-order valence-corrected chi connectivity index (χ3v) is 24.4. The summed E-state index contributed by atoms with van der Waals surface area (Å²) >= 11 is 3.00. The third-order valence-electron chi connectivity index (χ3n) is 24.0. The predicted octanol–water partition coefficient (Wildman–Crippen LogP) is 25.8. The number of aromatic hydroxyl groups is 1. The second-order valence-corrected chi connectivity index (χ2v) is 37.2. The van der Waals surface area contributed by atoms with E-state index in [4.69, 9.17) is 65.5 Å². The Bertz CT molecular complexity index is 5490. The molecule has 0 saturated carbocycles. The number of phenolic OH excluding ortho intramolecular Hbond substituents is 1. The van der Waals surface area contributed by atoms with Gasteiger partial charge in [-0.05, 0) is 194 Å². The molecule has 26 heteroatoms. The number of nitrogens with one attached hydrogen (secondary N) is 4. The number of alkyl halides is 1. The second-order valence-electron chi connectivity index (χ2n) is 36.4. The maximum absolute atomic E-state index is 12.6. The van der Waals surface area contributed by atoms with Crippen molar-refractivity contribution < 1.29 is 77.6 Å². The van der Waals surface area contributed by atoms with E-state index in [1.54, 1.807) is 72.8 Å². The molecule has 760 valence electrons. The summed E-state index contributed by atoms with van der Waals surface area (Å²) in [5.41, 5.74) is 30.4. The van der Waals surface area contributed by atoms with Gasteiger partial charge in [-0.1, -0.05) is 352 Å². The molecule has 11 rings (SSSR count). The molecule has 4 amide bonds. The number of azide groups is 1. The number of carboxylic acid groups (broad SMARTS) is 1. The van der Waals surface area contributed by atoms with E-state index in [1.807, 2.05) is 164 Å². The van der Waals surface area contributed by atoms with E-state index in [0.717, 1.165) is 95.1 Å². The number of nitrogens with zero attached hydrogens (tertiary/aromatic N) is 3. The molecule has 0 atom stereocenters. The Morgan fingerprint density at radius 3 is 0.986 bits per heavy atom. The number of hydrogen-bond acceptors (Lipinski definition) is 18. The lowest BCUT2D eigenvalue weighted by atomic mass is 9.82. The van der Waals surface area contributed by atoms with Gasteiger partial charge in [0.05, 0.1) is 67.5 Å². The van der Waals surface area contributed by atoms with Crippen LogP contribution in [0.15, 0.2) is 284 Å². The SMILES string of the molecule is CCC(C)(C)c1ccccc1O.CCC(C)(C)c1ccccc1OCCN.CCC(C)(C)c1ccccc1OCCN=[N+]=[N-].CCC(C)(C)c1ccccc1OCCNC(=O)Nc1ccccc1C(=O)O.CCC(C)(C)c1ccccc1OCCNC(=O)Nc1ccccc1C(=O)OCc1ccccc1.CCC(C)(C)c1ccccc1OCCO.Nc1ccccc1C(=O)OCc1ccccc1.OCCBr. The highest BCUT2D eigenvalue weighted by Crippen LogP contribution is 2.40. The molecule has 0 heterocycles. The largest absolute Gasteiger partial charge is 0.508 e. The average molecular weight is 2000 g/mol. The Labute approximate surface area is 845 Å². The van der Waals surface area contributed by atoms with Crippen LogP contribution in [-0.4, -0.2) is 128 Å². The molecule has 25 nitrogen and oxygen atoms in total. The number of para-hydroxylation sites is 9. The van der Waals surface area contributed by atoms with Crippen LogP contribution in [-0.2, 0) is 55.2 Å². The van der Waals surface area contributed by atoms with Crippen molar-refractivity contribution in [3.8, 4) is 34.5 Å². The monoisotopic (exact) mass is 1990 g/mol. The Balaban J connectivity index is 0.000000351. The quantitative estimate of drug-likeness (QED) is 0.00324. The van der Waals surface area contributed by atoms with Gasteiger partial charge in [0.25, 0.3) is 0 Å². The van der Waals surface area contributed by atoms with Crippen LogP contribution < -0.4 is 56.4 Å². The number of aliphatic hydroxyl groups excluding tert-OH is 2. The first-order valence-corrected chi connectivity index (χ1v) is 49.1. The zero-order valence-electron chi connectivity index (χ0n) is 85.8. The predicted molar refractivity (Wildman–Crippen MR) is 575 cm³/mol. The van der Waals surface area contributed by atoms with Crippen LogP contribution in [0.1, 0.15) is 239 Å². The molecule has 0 aliphatic carbocycles. The van der Waals surface area contributed by atoms with Gasteiger partial charge in [0.15, 0.2) is 0 Å². The Morgan fingerprint density at radius 2 is 0.652 bits per heavy atom. The number of anilines is 3. The number of hydrogen-bond donors (Lipinski definition) is 10. The van der Waals surface area contributed by atoms with Gasteiger partial charge in [0.2, 0.25) is 0 Å². The van der Waals surface area contributed by atoms with Crippen molar-refractivity contribution in [2.24, 2.45) is 10.8 Å². The number of phenols is 1. The maximum Gasteiger partial charge on any atom is 0.340 e. The number of carboxylic acids is 1. The summed E-state index contributed by atoms with van der Waals surface area (Å²) < 4.78 is 39.2. The lowest BCUT2D eigenvalue weighted by Gasteiger charge is -2.26. The highest BCUT2D eigenvalue weighted by atomic mass is 79.9. The van der Waals surface area contributed by atoms with Gasteiger partial charge >= 0.3 is 30.0 Å². The summed E-state index contributed by atoms with van der Waals surface area (Å²) in [7, 11) is 0. The van der Waals surface area contributed by atoms with Crippen LogP contribution in [0.2, 0.25) is 0 Å². The minimum Gasteiger partial charge on any atom is -0.508 e. The number of aliphatic hydroxyl groups is 2. The minimum absolute atomic E-state index is 0.000225. The molecule has 0 aliphatic heterocycles. The van der Waals surface area contributed by atoms with Crippen molar-refractivity contribution in [3.63, 3.8) is 0 Å². The van der Waals surface area contributed by atoms with E-state index in [9.17, 15) is 29.1 Å². The molecule has 141 heavy (non-hydrogen) atoms. The lowest BCUT2D eigenvalue weighted by molar-refractivity contribution is 0.0465. The molecule has 0 fully saturated rings. The van der Waals surface area contributed by atoms with Gasteiger partial charge in [0.1, 0.15) is 74.1 Å². The number of ether oxygens (including phenoxy) is 7. The van der Waals surface area contributed by atoms with Crippen LogP contribution in [0.5, 0.6) is 34.5 Å². The molecule has 11 aromatic carbocycles. The highest BCUT2D eigenvalue weighted by Gasteiger charge is 2.28. The van der Waals surface area contributed by atoms with Crippen molar-refractivity contribution in [1.29, 1.82) is 0 Å². The van der Waals surface area contributed by atoms with Crippen molar-refractivity contribution in [1.82, 2.24) is 10.6 Å². The standard InChI is InChI=1S/C28H32N2O4.C21H26N2O4.C14H13NO2.C13H19N3O.C13H21NO.C13H20O2.C11H16O.C2H5BrO/c1-4-28(2,3)23-15-9-11-17-25(23)33-19-18-29-27(32)30-24-16-10-8-14-22(24)26(31)34-20-21-12-6-5-7-13-21;1-4-21(2,3)16-10-6-8-12-18(16)27-14-13-22-20(26)23-17-11-7-5-9-15(17)19(24)25;15-13-9-5-4-8-12(13)14(16)17-10-11-6-2-1-3-7-11;1-4-13(2,3)11-7-5-6-8-12(11)17-10-9-15-16-14;2*1-4-13(2,3)11-7-5-6-8-12(11)15-10-9-14;1-4-11(2,3)9-7-5-6-8-10(9)12;3-1-2-4/h5-17H,4,18-20H2,1-3H3,(H2,29,30,32);5-12H,4,13-14H2,1-3H3,(H,24,25)(H2,22,23,26);1-9H,10,15H2;5-8H,4,9-10H2,1-3H3;5-8H,4,9-10,14H2,1-3H3;5-8,14H,4,9-10H2,1-3H3;5-8,12H,4H2,1-3H3;4H,1-2H2. The normalized spacial score (nSPS) is 10.9. The smallest absolute Gasteiger partial charge is 0.340 e. The van der Waals surface area contributed by atoms with E-state index >= 15 is 0 Å². The fraction of sp³-hybridized carbons (Fsp3) is 0.383. The van der Waals surface area contributed by atoms with Gasteiger partial charge in [0, 0.05) is 22.5 Å². The number of rotatable bonds is 40.